The van der Waals surface area contributed by atoms with E-state index >= 15 is 0 Å². The van der Waals surface area contributed by atoms with Gasteiger partial charge in [-0.3, -0.25) is 20.4 Å². The van der Waals surface area contributed by atoms with Gasteiger partial charge in [-0.1, -0.05) is 13.8 Å². The Morgan fingerprint density at radius 3 is 2.45 bits per heavy atom. The number of hydrazine groups is 2. The molecule has 0 spiro atoms. The first-order valence-corrected chi connectivity index (χ1v) is 8.16. The fourth-order valence-electron chi connectivity index (χ4n) is 2.38. The van der Waals surface area contributed by atoms with Crippen molar-refractivity contribution in [3.05, 3.63) is 16.1 Å². The van der Waals surface area contributed by atoms with Gasteiger partial charge in [-0.2, -0.15) is 0 Å². The van der Waals surface area contributed by atoms with Gasteiger partial charge in [0.1, 0.15) is 0 Å². The van der Waals surface area contributed by atoms with Crippen molar-refractivity contribution in [3.63, 3.8) is 0 Å². The number of amides is 2. The number of carbonyl (C=O) groups is 2. The fourth-order valence-corrected chi connectivity index (χ4v) is 3.09. The minimum Gasteiger partial charge on any atom is -0.294 e. The van der Waals surface area contributed by atoms with Crippen molar-refractivity contribution < 1.29 is 9.59 Å². The Morgan fingerprint density at radius 1 is 1.32 bits per heavy atom. The van der Waals surface area contributed by atoms with Crippen LogP contribution in [0.25, 0.3) is 0 Å². The van der Waals surface area contributed by atoms with Gasteiger partial charge in [-0.05, 0) is 32.1 Å². The summed E-state index contributed by atoms with van der Waals surface area (Å²) in [5.41, 5.74) is 4.10. The van der Waals surface area contributed by atoms with Crippen molar-refractivity contribution in [2.75, 3.05) is 0 Å². The van der Waals surface area contributed by atoms with Crippen LogP contribution in [0.3, 0.4) is 0 Å². The van der Waals surface area contributed by atoms with E-state index in [1.807, 2.05) is 12.3 Å². The summed E-state index contributed by atoms with van der Waals surface area (Å²) in [7, 11) is 0. The van der Waals surface area contributed by atoms with Gasteiger partial charge < -0.3 is 0 Å². The molecule has 1 unspecified atom stereocenters. The second kappa shape index (κ2) is 8.21. The molecular formula is C14H25N5O2S. The molecule has 0 aliphatic rings. The number of nitrogens with two attached hydrogens (primary N) is 2. The Kier molecular flexibility index (Phi) is 6.92. The highest BCUT2D eigenvalue weighted by molar-refractivity contribution is 7.09. The largest absolute Gasteiger partial charge is 0.294 e. The maximum absolute atomic E-state index is 12.5. The zero-order valence-corrected chi connectivity index (χ0v) is 14.1. The number of hydrogen-bond acceptors (Lipinski definition) is 6. The molecule has 7 nitrogen and oxygen atoms in total. The number of rotatable bonds is 8. The maximum Gasteiger partial charge on any atom is 0.246 e. The summed E-state index contributed by atoms with van der Waals surface area (Å²) < 4.78 is 0. The van der Waals surface area contributed by atoms with E-state index in [0.29, 0.717) is 24.5 Å². The first kappa shape index (κ1) is 18.5. The topological polar surface area (TPSA) is 123 Å². The Hall–Kier alpha value is -1.51. The van der Waals surface area contributed by atoms with Gasteiger partial charge >= 0.3 is 0 Å². The van der Waals surface area contributed by atoms with Gasteiger partial charge in [0, 0.05) is 11.8 Å². The second-order valence-electron chi connectivity index (χ2n) is 5.81. The summed E-state index contributed by atoms with van der Waals surface area (Å²) in [6, 6.07) is 0. The molecule has 6 N–H and O–H groups in total. The van der Waals surface area contributed by atoms with Gasteiger partial charge in [0.05, 0.1) is 16.1 Å². The predicted octanol–water partition coefficient (Wildman–Crippen LogP) is 0.886. The van der Waals surface area contributed by atoms with E-state index in [0.717, 1.165) is 11.4 Å². The van der Waals surface area contributed by atoms with Crippen LogP contribution in [-0.2, 0) is 15.0 Å². The first-order chi connectivity index (χ1) is 10.4. The summed E-state index contributed by atoms with van der Waals surface area (Å²) in [5, 5.41) is 2.74. The molecule has 0 aromatic carbocycles. The third-order valence-corrected chi connectivity index (χ3v) is 4.54. The van der Waals surface area contributed by atoms with E-state index in [-0.39, 0.29) is 18.2 Å². The zero-order valence-electron chi connectivity index (χ0n) is 13.3. The lowest BCUT2D eigenvalue weighted by atomic mass is 9.74. The maximum atomic E-state index is 12.5. The molecule has 8 heteroatoms. The summed E-state index contributed by atoms with van der Waals surface area (Å²) in [5.74, 6) is 10.3. The lowest BCUT2D eigenvalue weighted by Gasteiger charge is -2.31. The second-order valence-corrected chi connectivity index (χ2v) is 6.87. The molecule has 0 fully saturated rings. The molecule has 124 valence electrons. The number of hydrogen-bond donors (Lipinski definition) is 4. The Bertz CT molecular complexity index is 517. The fraction of sp³-hybridized carbons (Fsp3) is 0.643. The highest BCUT2D eigenvalue weighted by atomic mass is 32.1. The van der Waals surface area contributed by atoms with Gasteiger partial charge in [-0.15, -0.1) is 11.3 Å². The van der Waals surface area contributed by atoms with E-state index in [4.69, 9.17) is 11.7 Å². The third kappa shape index (κ3) is 4.49. The average Bonchev–Trinajstić information content (AvgIpc) is 2.93. The molecule has 0 aliphatic heterocycles. The zero-order chi connectivity index (χ0) is 16.8. The molecule has 0 saturated heterocycles. The number of nitrogens with zero attached hydrogens (tertiary/aromatic N) is 1. The van der Waals surface area contributed by atoms with E-state index in [2.05, 4.69) is 29.7 Å². The molecule has 1 aromatic heterocycles. The Morgan fingerprint density at radius 2 is 2.00 bits per heavy atom. The molecule has 1 heterocycles. The van der Waals surface area contributed by atoms with Crippen molar-refractivity contribution in [3.8, 4) is 0 Å². The van der Waals surface area contributed by atoms with Crippen LogP contribution in [0.2, 0.25) is 0 Å². The van der Waals surface area contributed by atoms with E-state index in [1.54, 1.807) is 0 Å². The van der Waals surface area contributed by atoms with Crippen molar-refractivity contribution in [1.29, 1.82) is 0 Å². The predicted molar refractivity (Wildman–Crippen MR) is 86.5 cm³/mol. The van der Waals surface area contributed by atoms with Crippen LogP contribution in [0.4, 0.5) is 0 Å². The molecule has 22 heavy (non-hydrogen) atoms. The van der Waals surface area contributed by atoms with Gasteiger partial charge in [0.25, 0.3) is 0 Å². The Balaban J connectivity index is 3.16. The lowest BCUT2D eigenvalue weighted by Crippen LogP contribution is -2.48. The van der Waals surface area contributed by atoms with Gasteiger partial charge in [0.2, 0.25) is 11.8 Å². The standard InChI is InChI=1S/C14H25N5O2S/c1-9(2)4-6-14(13(21)19-16,7-5-12(20)18-15)11-8-22-10(3)17-11/h8-9H,4-7,15-16H2,1-3H3,(H,18,20)(H,19,21). The lowest BCUT2D eigenvalue weighted by molar-refractivity contribution is -0.128. The van der Waals surface area contributed by atoms with Gasteiger partial charge in [0.15, 0.2) is 0 Å². The molecular weight excluding hydrogens is 302 g/mol. The minimum atomic E-state index is -0.906. The molecule has 0 saturated carbocycles. The van der Waals surface area contributed by atoms with Crippen molar-refractivity contribution in [1.82, 2.24) is 15.8 Å². The molecule has 1 atom stereocenters. The summed E-state index contributed by atoms with van der Waals surface area (Å²) in [6.07, 6.45) is 1.86. The molecule has 0 aliphatic carbocycles. The summed E-state index contributed by atoms with van der Waals surface area (Å²) in [6.45, 7) is 6.06. The average molecular weight is 327 g/mol. The number of carbonyl (C=O) groups excluding carboxylic acids is 2. The normalized spacial score (nSPS) is 13.7. The van der Waals surface area contributed by atoms with Crippen LogP contribution in [0.5, 0.6) is 0 Å². The summed E-state index contributed by atoms with van der Waals surface area (Å²) in [4.78, 5) is 28.5. The molecule has 0 radical (unpaired) electrons. The highest BCUT2D eigenvalue weighted by Gasteiger charge is 2.41. The van der Waals surface area contributed by atoms with Crippen LogP contribution >= 0.6 is 11.3 Å². The van der Waals surface area contributed by atoms with E-state index in [1.165, 1.54) is 11.3 Å². The van der Waals surface area contributed by atoms with E-state index in [9.17, 15) is 9.59 Å². The van der Waals surface area contributed by atoms with Crippen LogP contribution in [-0.4, -0.2) is 16.8 Å². The first-order valence-electron chi connectivity index (χ1n) is 7.28. The molecule has 0 bridgehead atoms. The quantitative estimate of drug-likeness (QED) is 0.321. The van der Waals surface area contributed by atoms with E-state index < -0.39 is 5.41 Å². The molecule has 1 rings (SSSR count). The van der Waals surface area contributed by atoms with Crippen LogP contribution < -0.4 is 22.5 Å². The van der Waals surface area contributed by atoms with Crippen molar-refractivity contribution in [2.45, 2.75) is 51.9 Å². The summed E-state index contributed by atoms with van der Waals surface area (Å²) >= 11 is 1.48. The SMILES string of the molecule is Cc1nc(C(CCC(=O)NN)(CCC(C)C)C(=O)NN)cs1. The van der Waals surface area contributed by atoms with Crippen LogP contribution in [0.1, 0.15) is 50.2 Å². The Labute approximate surface area is 134 Å². The number of aromatic nitrogens is 1. The number of nitrogens with one attached hydrogen (secondary N) is 2. The molecule has 2 amide bonds. The minimum absolute atomic E-state index is 0.137. The monoisotopic (exact) mass is 327 g/mol. The smallest absolute Gasteiger partial charge is 0.246 e. The van der Waals surface area contributed by atoms with Crippen LogP contribution in [0, 0.1) is 12.8 Å². The number of aryl methyl sites for hydroxylation is 1. The van der Waals surface area contributed by atoms with Crippen LogP contribution in [0.15, 0.2) is 5.38 Å². The highest BCUT2D eigenvalue weighted by Crippen LogP contribution is 2.36. The number of thiazole rings is 1. The third-order valence-electron chi connectivity index (χ3n) is 3.76. The van der Waals surface area contributed by atoms with Crippen molar-refractivity contribution >= 4 is 23.2 Å². The molecule has 1 aromatic rings. The van der Waals surface area contributed by atoms with Gasteiger partial charge in [-0.25, -0.2) is 16.7 Å². The van der Waals surface area contributed by atoms with Crippen molar-refractivity contribution in [2.24, 2.45) is 17.6 Å².